The van der Waals surface area contributed by atoms with Crippen LogP contribution < -0.4 is 14.8 Å². The Morgan fingerprint density at radius 3 is 2.72 bits per heavy atom. The maximum absolute atomic E-state index is 5.66. The van der Waals surface area contributed by atoms with Crippen molar-refractivity contribution in [2.45, 2.75) is 6.92 Å². The number of methoxy groups -OCH3 is 1. The third-order valence-electron chi connectivity index (χ3n) is 2.40. The molecule has 2 rings (SSSR count). The fourth-order valence-corrected chi connectivity index (χ4v) is 1.49. The first-order valence-electron chi connectivity index (χ1n) is 5.55. The highest BCUT2D eigenvalue weighted by molar-refractivity contribution is 5.44. The largest absolute Gasteiger partial charge is 0.493 e. The molecule has 0 atom stereocenters. The van der Waals surface area contributed by atoms with Crippen LogP contribution in [0.3, 0.4) is 0 Å². The molecule has 0 saturated carbocycles. The summed E-state index contributed by atoms with van der Waals surface area (Å²) in [7, 11) is 3.39. The molecule has 0 spiro atoms. The van der Waals surface area contributed by atoms with E-state index in [2.05, 4.69) is 15.3 Å². The number of ether oxygens (including phenoxy) is 2. The van der Waals surface area contributed by atoms with Gasteiger partial charge in [0, 0.05) is 7.05 Å². The topological polar surface area (TPSA) is 56.3 Å². The van der Waals surface area contributed by atoms with Gasteiger partial charge in [-0.1, -0.05) is 6.07 Å². The lowest BCUT2D eigenvalue weighted by Gasteiger charge is -2.10. The number of aryl methyl sites for hydroxylation is 1. The SMILES string of the molecule is CNc1cncc(Oc2ccc(C)cc2OC)n1. The molecule has 2 aromatic rings. The minimum Gasteiger partial charge on any atom is -0.493 e. The second-order valence-corrected chi connectivity index (χ2v) is 3.75. The van der Waals surface area contributed by atoms with E-state index < -0.39 is 0 Å². The van der Waals surface area contributed by atoms with Crippen LogP contribution in [0.4, 0.5) is 5.82 Å². The quantitative estimate of drug-likeness (QED) is 0.897. The first-order valence-corrected chi connectivity index (χ1v) is 5.55. The molecule has 94 valence electrons. The molecule has 5 nitrogen and oxygen atoms in total. The standard InChI is InChI=1S/C13H15N3O2/c1-9-4-5-10(11(6-9)17-3)18-13-8-15-7-12(14-2)16-13/h4-8H,1-3H3,(H,14,16). The first kappa shape index (κ1) is 12.2. The van der Waals surface area contributed by atoms with Crippen molar-refractivity contribution in [3.05, 3.63) is 36.2 Å². The summed E-state index contributed by atoms with van der Waals surface area (Å²) in [6, 6.07) is 5.71. The van der Waals surface area contributed by atoms with Crippen LogP contribution in [0.1, 0.15) is 5.56 Å². The Kier molecular flexibility index (Phi) is 3.62. The maximum atomic E-state index is 5.66. The molecule has 0 bridgehead atoms. The zero-order valence-electron chi connectivity index (χ0n) is 10.6. The lowest BCUT2D eigenvalue weighted by Crippen LogP contribution is -1.97. The zero-order chi connectivity index (χ0) is 13.0. The predicted molar refractivity (Wildman–Crippen MR) is 69.4 cm³/mol. The van der Waals surface area contributed by atoms with Crippen molar-refractivity contribution in [3.8, 4) is 17.4 Å². The van der Waals surface area contributed by atoms with E-state index in [1.54, 1.807) is 26.6 Å². The fraction of sp³-hybridized carbons (Fsp3) is 0.231. The van der Waals surface area contributed by atoms with Crippen molar-refractivity contribution in [1.29, 1.82) is 0 Å². The lowest BCUT2D eigenvalue weighted by molar-refractivity contribution is 0.373. The summed E-state index contributed by atoms with van der Waals surface area (Å²) in [4.78, 5) is 8.27. The zero-order valence-corrected chi connectivity index (χ0v) is 10.6. The van der Waals surface area contributed by atoms with Gasteiger partial charge in [0.05, 0.1) is 19.5 Å². The van der Waals surface area contributed by atoms with E-state index in [1.807, 2.05) is 25.1 Å². The molecule has 1 N–H and O–H groups in total. The van der Waals surface area contributed by atoms with Gasteiger partial charge < -0.3 is 14.8 Å². The van der Waals surface area contributed by atoms with Crippen LogP contribution >= 0.6 is 0 Å². The lowest BCUT2D eigenvalue weighted by atomic mass is 10.2. The fourth-order valence-electron chi connectivity index (χ4n) is 1.49. The van der Waals surface area contributed by atoms with Gasteiger partial charge in [0.25, 0.3) is 0 Å². The molecule has 0 fully saturated rings. The minimum absolute atomic E-state index is 0.420. The molecule has 18 heavy (non-hydrogen) atoms. The van der Waals surface area contributed by atoms with Crippen molar-refractivity contribution >= 4 is 5.82 Å². The molecule has 0 aliphatic heterocycles. The second kappa shape index (κ2) is 5.35. The van der Waals surface area contributed by atoms with Gasteiger partial charge in [-0.3, -0.25) is 4.98 Å². The van der Waals surface area contributed by atoms with Crippen molar-refractivity contribution in [1.82, 2.24) is 9.97 Å². The van der Waals surface area contributed by atoms with Crippen LogP contribution in [0, 0.1) is 6.92 Å². The molecule has 0 saturated heterocycles. The normalized spacial score (nSPS) is 9.94. The van der Waals surface area contributed by atoms with Crippen LogP contribution in [0.25, 0.3) is 0 Å². The van der Waals surface area contributed by atoms with E-state index in [1.165, 1.54) is 0 Å². The summed E-state index contributed by atoms with van der Waals surface area (Å²) in [6.07, 6.45) is 3.18. The highest BCUT2D eigenvalue weighted by Gasteiger charge is 2.07. The van der Waals surface area contributed by atoms with Crippen LogP contribution in [0.5, 0.6) is 17.4 Å². The van der Waals surface area contributed by atoms with Gasteiger partial charge >= 0.3 is 0 Å². The molecule has 5 heteroatoms. The minimum atomic E-state index is 0.420. The third kappa shape index (κ3) is 2.68. The predicted octanol–water partition coefficient (Wildman–Crippen LogP) is 2.63. The Bertz CT molecular complexity index is 544. The molecule has 0 unspecified atom stereocenters. The van der Waals surface area contributed by atoms with Crippen molar-refractivity contribution in [2.75, 3.05) is 19.5 Å². The molecular weight excluding hydrogens is 230 g/mol. The summed E-state index contributed by atoms with van der Waals surface area (Å²) in [5.41, 5.74) is 1.11. The molecule has 1 heterocycles. The van der Waals surface area contributed by atoms with Gasteiger partial charge in [-0.15, -0.1) is 0 Å². The molecule has 0 aliphatic carbocycles. The van der Waals surface area contributed by atoms with Crippen molar-refractivity contribution in [3.63, 3.8) is 0 Å². The number of rotatable bonds is 4. The Hall–Kier alpha value is -2.30. The number of aromatic nitrogens is 2. The Labute approximate surface area is 106 Å². The van der Waals surface area contributed by atoms with Crippen molar-refractivity contribution in [2.24, 2.45) is 0 Å². The highest BCUT2D eigenvalue weighted by Crippen LogP contribution is 2.31. The molecular formula is C13H15N3O2. The maximum Gasteiger partial charge on any atom is 0.240 e. The first-order chi connectivity index (χ1) is 8.72. The van der Waals surface area contributed by atoms with E-state index in [9.17, 15) is 0 Å². The number of anilines is 1. The van der Waals surface area contributed by atoms with Gasteiger partial charge in [0.2, 0.25) is 5.88 Å². The Morgan fingerprint density at radius 2 is 2.00 bits per heavy atom. The molecule has 0 aliphatic rings. The number of nitrogens with zero attached hydrogens (tertiary/aromatic N) is 2. The second-order valence-electron chi connectivity index (χ2n) is 3.75. The van der Waals surface area contributed by atoms with Crippen LogP contribution in [0.15, 0.2) is 30.6 Å². The van der Waals surface area contributed by atoms with Gasteiger partial charge in [0.1, 0.15) is 5.82 Å². The molecule has 1 aromatic carbocycles. The molecule has 0 radical (unpaired) electrons. The van der Waals surface area contributed by atoms with Gasteiger partial charge in [-0.25, -0.2) is 0 Å². The summed E-state index contributed by atoms with van der Waals surface area (Å²) in [5, 5.41) is 2.91. The van der Waals surface area contributed by atoms with Crippen LogP contribution in [0.2, 0.25) is 0 Å². The van der Waals surface area contributed by atoms with E-state index in [0.29, 0.717) is 23.2 Å². The van der Waals surface area contributed by atoms with Crippen LogP contribution in [-0.2, 0) is 0 Å². The number of hydrogen-bond donors (Lipinski definition) is 1. The summed E-state index contributed by atoms with van der Waals surface area (Å²) >= 11 is 0. The van der Waals surface area contributed by atoms with Gasteiger partial charge in [0.15, 0.2) is 11.5 Å². The van der Waals surface area contributed by atoms with Gasteiger partial charge in [-0.2, -0.15) is 4.98 Å². The van der Waals surface area contributed by atoms with Crippen LogP contribution in [-0.4, -0.2) is 24.1 Å². The smallest absolute Gasteiger partial charge is 0.240 e. The van der Waals surface area contributed by atoms with Gasteiger partial charge in [-0.05, 0) is 24.6 Å². The van der Waals surface area contributed by atoms with E-state index >= 15 is 0 Å². The van der Waals surface area contributed by atoms with E-state index in [-0.39, 0.29) is 0 Å². The number of hydrogen-bond acceptors (Lipinski definition) is 5. The number of benzene rings is 1. The van der Waals surface area contributed by atoms with E-state index in [4.69, 9.17) is 9.47 Å². The third-order valence-corrected chi connectivity index (χ3v) is 2.40. The highest BCUT2D eigenvalue weighted by atomic mass is 16.5. The van der Waals surface area contributed by atoms with Crippen molar-refractivity contribution < 1.29 is 9.47 Å². The number of nitrogens with one attached hydrogen (secondary N) is 1. The summed E-state index contributed by atoms with van der Waals surface area (Å²) in [5.74, 6) is 2.36. The summed E-state index contributed by atoms with van der Waals surface area (Å²) < 4.78 is 10.9. The molecule has 1 aromatic heterocycles. The average Bonchev–Trinajstić information content (AvgIpc) is 2.41. The summed E-state index contributed by atoms with van der Waals surface area (Å²) in [6.45, 7) is 1.99. The Morgan fingerprint density at radius 1 is 1.17 bits per heavy atom. The molecule has 0 amide bonds. The average molecular weight is 245 g/mol. The van der Waals surface area contributed by atoms with E-state index in [0.717, 1.165) is 5.56 Å². The Balaban J connectivity index is 2.27. The monoisotopic (exact) mass is 245 g/mol.